The van der Waals surface area contributed by atoms with Crippen molar-refractivity contribution in [3.63, 3.8) is 0 Å². The first-order valence-electron chi connectivity index (χ1n) is 24.4. The highest BCUT2D eigenvalue weighted by Gasteiger charge is 2.28. The Morgan fingerprint density at radius 1 is 0.676 bits per heavy atom. The number of anilines is 2. The summed E-state index contributed by atoms with van der Waals surface area (Å²) in [5, 5.41) is 44.5. The van der Waals surface area contributed by atoms with Gasteiger partial charge in [0.2, 0.25) is 0 Å². The summed E-state index contributed by atoms with van der Waals surface area (Å²) >= 11 is 0. The average molecular weight is 979 g/mol. The molecule has 71 heavy (non-hydrogen) atoms. The van der Waals surface area contributed by atoms with Crippen LogP contribution in [0.1, 0.15) is 104 Å². The second-order valence-corrected chi connectivity index (χ2v) is 19.2. The van der Waals surface area contributed by atoms with Crippen molar-refractivity contribution in [3.8, 4) is 11.4 Å². The highest BCUT2D eigenvalue weighted by atomic mass is 19.1. The van der Waals surface area contributed by atoms with Gasteiger partial charge >= 0.3 is 12.1 Å². The monoisotopic (exact) mass is 979 g/mol. The van der Waals surface area contributed by atoms with E-state index in [4.69, 9.17) is 0 Å². The number of hydrogen-bond acceptors (Lipinski definition) is 11. The van der Waals surface area contributed by atoms with Gasteiger partial charge < -0.3 is 31.5 Å². The number of likely N-dealkylation sites (tertiary alicyclic amines) is 2. The maximum atomic E-state index is 13.2. The smallest absolute Gasteiger partial charge is 0.319 e. The predicted octanol–water partition coefficient (Wildman–Crippen LogP) is 7.90. The van der Waals surface area contributed by atoms with Gasteiger partial charge in [0.15, 0.2) is 17.4 Å². The van der Waals surface area contributed by atoms with E-state index in [1.165, 1.54) is 56.3 Å². The fraction of sp³-hybridized carbons (Fsp3) is 0.453. The third-order valence-electron chi connectivity index (χ3n) is 12.9. The normalized spacial score (nSPS) is 17.9. The lowest BCUT2D eigenvalue weighted by Crippen LogP contribution is -2.47. The van der Waals surface area contributed by atoms with Gasteiger partial charge in [-0.25, -0.2) is 23.1 Å². The zero-order chi connectivity index (χ0) is 51.2. The number of nitrogens with one attached hydrogen (secondary N) is 4. The quantitative estimate of drug-likeness (QED) is 0.0494. The Labute approximate surface area is 414 Å². The van der Waals surface area contributed by atoms with E-state index in [0.29, 0.717) is 53.0 Å². The lowest BCUT2D eigenvalue weighted by Gasteiger charge is -2.37. The molecule has 6 atom stereocenters. The molecule has 1 aromatic heterocycles. The van der Waals surface area contributed by atoms with Crippen LogP contribution in [0.5, 0.6) is 0 Å². The van der Waals surface area contributed by atoms with E-state index in [1.807, 2.05) is 56.0 Å². The maximum Gasteiger partial charge on any atom is 0.319 e. The molecule has 2 fully saturated rings. The first kappa shape index (κ1) is 53.9. The maximum absolute atomic E-state index is 13.2. The number of amides is 4. The number of aliphatic hydroxyl groups is 2. The van der Waals surface area contributed by atoms with Gasteiger partial charge in [-0.15, -0.1) is 5.10 Å². The van der Waals surface area contributed by atoms with Crippen LogP contribution in [-0.2, 0) is 19.9 Å². The summed E-state index contributed by atoms with van der Waals surface area (Å²) < 4.78 is 27.9. The zero-order valence-corrected chi connectivity index (χ0v) is 41.5. The molecule has 0 spiro atoms. The summed E-state index contributed by atoms with van der Waals surface area (Å²) in [7, 11) is 1.76. The van der Waals surface area contributed by atoms with Gasteiger partial charge in [-0.05, 0) is 173 Å². The summed E-state index contributed by atoms with van der Waals surface area (Å²) in [6.07, 6.45) is 5.22. The molecular formula is C53H68F2N10O6. The molecular weight excluding hydrogens is 911 g/mol. The van der Waals surface area contributed by atoms with E-state index < -0.39 is 18.5 Å². The number of tetrazole rings is 1. The Bertz CT molecular complexity index is 2550. The molecule has 0 saturated carbocycles. The van der Waals surface area contributed by atoms with Gasteiger partial charge in [0, 0.05) is 86.2 Å². The summed E-state index contributed by atoms with van der Waals surface area (Å²) in [5.41, 5.74) is 5.65. The zero-order valence-electron chi connectivity index (χ0n) is 41.5. The van der Waals surface area contributed by atoms with Crippen molar-refractivity contribution < 1.29 is 38.2 Å². The highest BCUT2D eigenvalue weighted by Crippen LogP contribution is 2.26. The Morgan fingerprint density at radius 3 is 1.55 bits per heavy atom. The molecule has 3 heterocycles. The number of benzene rings is 4. The first-order valence-corrected chi connectivity index (χ1v) is 24.4. The SMILES string of the molecule is CC(=O)c1cc(NC(=O)N[C@@H](C)C[C@H](O)N2CCC[C@@H](Cc3ccc(F)cc3)C2)cc(C(C)=O)c1.Cc1cc(NC(=O)N[C@H](C)C[C@@H](O)N2CCC[C@@H](Cc3ccc(F)cc3)C2)cc(-c2nnnn2C)c1. The summed E-state index contributed by atoms with van der Waals surface area (Å²) in [4.78, 5) is 52.8. The summed E-state index contributed by atoms with van der Waals surface area (Å²) in [6.45, 7) is 11.6. The number of Topliss-reactive ketones (excluding diaryl/α,β-unsaturated/α-hetero) is 2. The van der Waals surface area contributed by atoms with Crippen LogP contribution in [0.4, 0.5) is 29.7 Å². The van der Waals surface area contributed by atoms with Crippen LogP contribution < -0.4 is 21.3 Å². The molecule has 7 rings (SSSR count). The summed E-state index contributed by atoms with van der Waals surface area (Å²) in [5.74, 6) is 0.517. The average Bonchev–Trinajstić information content (AvgIpc) is 3.76. The Kier molecular flexibility index (Phi) is 19.4. The van der Waals surface area contributed by atoms with Crippen molar-refractivity contribution in [2.45, 2.75) is 111 Å². The van der Waals surface area contributed by atoms with E-state index in [2.05, 4.69) is 41.7 Å². The van der Waals surface area contributed by atoms with E-state index in [1.54, 1.807) is 23.9 Å². The third-order valence-corrected chi connectivity index (χ3v) is 12.9. The third kappa shape index (κ3) is 16.8. The Hall–Kier alpha value is -6.47. The lowest BCUT2D eigenvalue weighted by molar-refractivity contribution is -0.0308. The second-order valence-electron chi connectivity index (χ2n) is 19.2. The molecule has 0 radical (unpaired) electrons. The molecule has 18 heteroatoms. The molecule has 2 saturated heterocycles. The number of carbonyl (C=O) groups excluding carboxylic acids is 4. The van der Waals surface area contributed by atoms with Crippen LogP contribution in [0.3, 0.4) is 0 Å². The number of rotatable bonds is 17. The minimum Gasteiger partial charge on any atom is -0.378 e. The summed E-state index contributed by atoms with van der Waals surface area (Å²) in [6, 6.07) is 22.1. The molecule has 4 amide bonds. The largest absolute Gasteiger partial charge is 0.378 e. The minimum absolute atomic E-state index is 0.202. The molecule has 0 aliphatic carbocycles. The topological polar surface area (TPSA) is 207 Å². The molecule has 4 aromatic carbocycles. The first-order chi connectivity index (χ1) is 33.9. The Morgan fingerprint density at radius 2 is 1.13 bits per heavy atom. The highest BCUT2D eigenvalue weighted by molar-refractivity contribution is 6.02. The standard InChI is InChI=1S/C27H34FN3O4.C26H34FN7O2/c1-17(29-27(35)30-25-14-22(18(2)32)13-23(15-25)19(3)33)11-26(34)31-10-4-5-21(16-31)12-20-6-8-24(28)9-7-20;1-17-11-21(25-30-31-32-33(25)3)15-23(12-17)29-26(36)28-18(2)13-24(35)34-10-4-5-20(16-34)14-19-6-8-22(27)9-7-19/h6-9,13-15,17,21,26,34H,4-5,10-12,16H2,1-3H3,(H2,29,30,35);6-9,11-12,15,18,20,24,35H,4-5,10,13-14,16H2,1-3H3,(H2,28,29,36)/t17-,21-,26-;18-,20+,24-/m01/s1. The van der Waals surface area contributed by atoms with Crippen LogP contribution in [0, 0.1) is 30.4 Å². The fourth-order valence-electron chi connectivity index (χ4n) is 9.37. The number of piperidine rings is 2. The van der Waals surface area contributed by atoms with E-state index >= 15 is 0 Å². The van der Waals surface area contributed by atoms with Crippen LogP contribution >= 0.6 is 0 Å². The van der Waals surface area contributed by atoms with Crippen LogP contribution in [-0.4, -0.2) is 115 Å². The molecule has 6 N–H and O–H groups in total. The Balaban J connectivity index is 0.000000233. The molecule has 16 nitrogen and oxygen atoms in total. The number of aryl methyl sites for hydroxylation is 2. The number of carbonyl (C=O) groups is 4. The van der Waals surface area contributed by atoms with Crippen molar-refractivity contribution in [2.75, 3.05) is 36.8 Å². The van der Waals surface area contributed by atoms with Crippen LogP contribution in [0.2, 0.25) is 0 Å². The van der Waals surface area contributed by atoms with Gasteiger partial charge in [0.05, 0.1) is 0 Å². The van der Waals surface area contributed by atoms with E-state index in [9.17, 15) is 38.2 Å². The molecule has 380 valence electrons. The van der Waals surface area contributed by atoms with Crippen molar-refractivity contribution in [2.24, 2.45) is 18.9 Å². The molecule has 0 bridgehead atoms. The predicted molar refractivity (Wildman–Crippen MR) is 269 cm³/mol. The number of nitrogens with zero attached hydrogens (tertiary/aromatic N) is 6. The molecule has 2 aliphatic heterocycles. The fourth-order valence-corrected chi connectivity index (χ4v) is 9.37. The van der Waals surface area contributed by atoms with Gasteiger partial charge in [0.1, 0.15) is 24.1 Å². The number of hydrogen-bond donors (Lipinski definition) is 6. The number of aromatic nitrogens is 4. The van der Waals surface area contributed by atoms with Crippen molar-refractivity contribution in [1.82, 2.24) is 40.6 Å². The molecule has 0 unspecified atom stereocenters. The van der Waals surface area contributed by atoms with Crippen molar-refractivity contribution >= 4 is 35.0 Å². The van der Waals surface area contributed by atoms with Gasteiger partial charge in [0.25, 0.3) is 0 Å². The van der Waals surface area contributed by atoms with Crippen LogP contribution in [0.25, 0.3) is 11.4 Å². The van der Waals surface area contributed by atoms with Crippen molar-refractivity contribution in [3.05, 3.63) is 124 Å². The second kappa shape index (κ2) is 25.6. The number of urea groups is 2. The number of ketones is 2. The van der Waals surface area contributed by atoms with Gasteiger partial charge in [-0.3, -0.25) is 19.4 Å². The molecule has 5 aromatic rings. The van der Waals surface area contributed by atoms with Crippen molar-refractivity contribution in [1.29, 1.82) is 0 Å². The number of aliphatic hydroxyl groups excluding tert-OH is 2. The number of halogens is 2. The van der Waals surface area contributed by atoms with Crippen LogP contribution in [0.15, 0.2) is 84.9 Å². The van der Waals surface area contributed by atoms with Gasteiger partial charge in [-0.1, -0.05) is 24.3 Å². The van der Waals surface area contributed by atoms with E-state index in [-0.39, 0.29) is 41.3 Å². The molecule has 2 aliphatic rings. The minimum atomic E-state index is -0.702. The van der Waals surface area contributed by atoms with Gasteiger partial charge in [-0.2, -0.15) is 0 Å². The lowest BCUT2D eigenvalue weighted by atomic mass is 9.91. The van der Waals surface area contributed by atoms with E-state index in [0.717, 1.165) is 87.0 Å².